The van der Waals surface area contributed by atoms with Gasteiger partial charge in [-0.1, -0.05) is 22.9 Å². The third-order valence-corrected chi connectivity index (χ3v) is 13.6. The highest BCUT2D eigenvalue weighted by Gasteiger charge is 2.41. The second-order valence-corrected chi connectivity index (χ2v) is 17.9. The first kappa shape index (κ1) is 40.6. The van der Waals surface area contributed by atoms with Gasteiger partial charge in [0.1, 0.15) is 22.0 Å². The van der Waals surface area contributed by atoms with E-state index in [9.17, 15) is 43.2 Å². The van der Waals surface area contributed by atoms with Gasteiger partial charge in [0, 0.05) is 35.7 Å². The number of halogens is 1. The van der Waals surface area contributed by atoms with Crippen molar-refractivity contribution in [2.24, 2.45) is 0 Å². The van der Waals surface area contributed by atoms with Gasteiger partial charge in [-0.05, 0) is 47.5 Å². The third-order valence-electron chi connectivity index (χ3n) is 9.33. The van der Waals surface area contributed by atoms with Gasteiger partial charge in [0.2, 0.25) is 23.6 Å². The Balaban J connectivity index is 0.000000178. The number of urea groups is 1. The van der Waals surface area contributed by atoms with Crippen LogP contribution < -0.4 is 26.6 Å². The van der Waals surface area contributed by atoms with Crippen molar-refractivity contribution in [3.8, 4) is 0 Å². The molecule has 8 rings (SSSR count). The molecule has 4 aromatic rings. The Hall–Kier alpha value is -5.55. The Morgan fingerprint density at radius 1 is 0.845 bits per heavy atom. The number of methoxy groups -OCH3 is 1. The zero-order chi connectivity index (χ0) is 41.2. The van der Waals surface area contributed by atoms with Crippen molar-refractivity contribution in [2.75, 3.05) is 12.4 Å². The summed E-state index contributed by atoms with van der Waals surface area (Å²) in [6.07, 6.45) is 2.51. The van der Waals surface area contributed by atoms with Crippen molar-refractivity contribution < 1.29 is 47.9 Å². The Morgan fingerprint density at radius 3 is 1.88 bits per heavy atom. The fourth-order valence-corrected chi connectivity index (χ4v) is 10.3. The summed E-state index contributed by atoms with van der Waals surface area (Å²) in [5, 5.41) is 14.7. The smallest absolute Gasteiger partial charge is 0.340 e. The van der Waals surface area contributed by atoms with E-state index in [1.54, 1.807) is 11.4 Å². The molecule has 4 aromatic heterocycles. The molecule has 8 heterocycles. The molecule has 302 valence electrons. The van der Waals surface area contributed by atoms with Gasteiger partial charge in [-0.15, -0.1) is 34.0 Å². The summed E-state index contributed by atoms with van der Waals surface area (Å²) >= 11 is 10.6. The molecular formula is C35H31ClN8O10S4. The second-order valence-electron chi connectivity index (χ2n) is 13.1. The molecule has 0 radical (unpaired) electrons. The van der Waals surface area contributed by atoms with Crippen molar-refractivity contribution in [1.29, 1.82) is 0 Å². The van der Waals surface area contributed by atoms with Crippen molar-refractivity contribution in [3.63, 3.8) is 0 Å². The first-order chi connectivity index (χ1) is 27.8. The number of aromatic nitrogens is 1. The molecule has 5 N–H and O–H groups in total. The number of fused-ring (bicyclic) bond motifs is 2. The van der Waals surface area contributed by atoms with E-state index in [4.69, 9.17) is 11.6 Å². The maximum Gasteiger partial charge on any atom is 0.340 e. The number of piperidine rings is 2. The lowest BCUT2D eigenvalue weighted by molar-refractivity contribution is -0.138. The normalized spacial score (nSPS) is 18.5. The van der Waals surface area contributed by atoms with E-state index in [0.717, 1.165) is 32.2 Å². The van der Waals surface area contributed by atoms with Crippen LogP contribution in [0, 0.1) is 0 Å². The van der Waals surface area contributed by atoms with Gasteiger partial charge in [-0.2, -0.15) is 0 Å². The first-order valence-corrected chi connectivity index (χ1v) is 21.1. The SMILES string of the molecule is COC(=O)c1ccsc1NC(=O)NCc1cc2c(s1)C(=O)N(C1CCC(=O)NC1=O)C2.O=C1CCC(N2Cc3cc(CNC(=O)c4cnc(Cl)s4)sc3C2=O)C(=O)N1. The van der Waals surface area contributed by atoms with E-state index in [1.165, 1.54) is 57.1 Å². The number of nitrogens with zero attached hydrogens (tertiary/aromatic N) is 3. The number of esters is 1. The quantitative estimate of drug-likeness (QED) is 0.121. The van der Waals surface area contributed by atoms with Gasteiger partial charge in [-0.3, -0.25) is 49.5 Å². The monoisotopic (exact) mass is 886 g/mol. The van der Waals surface area contributed by atoms with Crippen LogP contribution in [0.1, 0.15) is 85.9 Å². The number of hydrogen-bond donors (Lipinski definition) is 5. The first-order valence-electron chi connectivity index (χ1n) is 17.4. The largest absolute Gasteiger partial charge is 0.465 e. The molecule has 2 fully saturated rings. The summed E-state index contributed by atoms with van der Waals surface area (Å²) < 4.78 is 4.98. The van der Waals surface area contributed by atoms with E-state index in [-0.39, 0.29) is 61.0 Å². The molecule has 4 aliphatic heterocycles. The molecule has 2 saturated heterocycles. The Bertz CT molecular complexity index is 2390. The predicted octanol–water partition coefficient (Wildman–Crippen LogP) is 3.23. The number of thiazole rings is 1. The number of anilines is 1. The van der Waals surface area contributed by atoms with Crippen LogP contribution in [0.2, 0.25) is 4.47 Å². The van der Waals surface area contributed by atoms with Gasteiger partial charge in [0.25, 0.3) is 17.7 Å². The van der Waals surface area contributed by atoms with E-state index < -0.39 is 35.9 Å². The fourth-order valence-electron chi connectivity index (χ4n) is 6.58. The molecule has 23 heteroatoms. The molecule has 2 atom stereocenters. The zero-order valence-electron chi connectivity index (χ0n) is 30.1. The highest BCUT2D eigenvalue weighted by molar-refractivity contribution is 7.17. The number of nitrogens with one attached hydrogen (secondary N) is 5. The Morgan fingerprint density at radius 2 is 1.40 bits per heavy atom. The highest BCUT2D eigenvalue weighted by Crippen LogP contribution is 2.35. The molecular weight excluding hydrogens is 856 g/mol. The van der Waals surface area contributed by atoms with Gasteiger partial charge in [0.05, 0.1) is 41.7 Å². The predicted molar refractivity (Wildman–Crippen MR) is 211 cm³/mol. The average Bonchev–Trinajstić information content (AvgIpc) is 4.05. The molecule has 4 aliphatic rings. The lowest BCUT2D eigenvalue weighted by Crippen LogP contribution is -2.52. The minimum atomic E-state index is -0.646. The molecule has 0 bridgehead atoms. The van der Waals surface area contributed by atoms with Crippen LogP contribution >= 0.6 is 56.9 Å². The Kier molecular flexibility index (Phi) is 12.0. The number of hydrogen-bond acceptors (Lipinski definition) is 15. The van der Waals surface area contributed by atoms with E-state index in [1.807, 2.05) is 12.1 Å². The maximum atomic E-state index is 12.7. The number of imide groups is 2. The van der Waals surface area contributed by atoms with Crippen LogP contribution in [0.4, 0.5) is 9.80 Å². The van der Waals surface area contributed by atoms with Crippen LogP contribution in [-0.2, 0) is 50.1 Å². The molecule has 18 nitrogen and oxygen atoms in total. The van der Waals surface area contributed by atoms with Gasteiger partial charge in [-0.25, -0.2) is 14.6 Å². The van der Waals surface area contributed by atoms with Crippen molar-refractivity contribution in [3.05, 3.63) is 75.3 Å². The van der Waals surface area contributed by atoms with Crippen molar-refractivity contribution >= 4 is 115 Å². The summed E-state index contributed by atoms with van der Waals surface area (Å²) in [7, 11) is 1.27. The molecule has 2 unspecified atom stereocenters. The summed E-state index contributed by atoms with van der Waals surface area (Å²) in [5.74, 6) is -2.77. The molecule has 0 saturated carbocycles. The van der Waals surface area contributed by atoms with Gasteiger partial charge < -0.3 is 25.2 Å². The number of carbonyl (C=O) groups excluding carboxylic acids is 9. The number of rotatable bonds is 9. The standard InChI is InChI=1S/C19H18N4O6S2.C16H13ClN4O4S2/c1-29-18(27)11-4-5-30-16(11)22-19(28)20-7-10-6-9-8-23(17(26)14(9)31-10)12-2-3-13(24)21-15(12)25;17-16-19-5-10(27-16)14(24)18-4-8-3-7-6-21(15(25)12(7)26-8)9-1-2-11(22)20-13(9)23/h4-6,12H,2-3,7-8H2,1H3,(H2,20,22,28)(H,21,24,25);3,5,9H,1-2,4,6H2,(H,18,24)(H,20,22,23). The van der Waals surface area contributed by atoms with E-state index in [0.29, 0.717) is 50.0 Å². The molecule has 0 aromatic carbocycles. The Labute approximate surface area is 349 Å². The van der Waals surface area contributed by atoms with Crippen LogP contribution in [0.5, 0.6) is 0 Å². The number of amides is 9. The van der Waals surface area contributed by atoms with Gasteiger partial charge in [0.15, 0.2) is 4.47 Å². The average molecular weight is 887 g/mol. The molecule has 0 aliphatic carbocycles. The third kappa shape index (κ3) is 8.65. The summed E-state index contributed by atoms with van der Waals surface area (Å²) in [4.78, 5) is 118. The lowest BCUT2D eigenvalue weighted by Gasteiger charge is -2.29. The van der Waals surface area contributed by atoms with Gasteiger partial charge >= 0.3 is 12.0 Å². The summed E-state index contributed by atoms with van der Waals surface area (Å²) in [6, 6.07) is 3.51. The van der Waals surface area contributed by atoms with Crippen LogP contribution in [0.25, 0.3) is 0 Å². The topological polar surface area (TPSA) is 242 Å². The zero-order valence-corrected chi connectivity index (χ0v) is 34.2. The van der Waals surface area contributed by atoms with Crippen molar-refractivity contribution in [2.45, 2.75) is 63.9 Å². The molecule has 58 heavy (non-hydrogen) atoms. The molecule has 9 amide bonds. The van der Waals surface area contributed by atoms with E-state index in [2.05, 4.69) is 36.3 Å². The van der Waals surface area contributed by atoms with Crippen LogP contribution in [0.3, 0.4) is 0 Å². The fraction of sp³-hybridized carbons (Fsp3) is 0.314. The number of ether oxygens (including phenoxy) is 1. The lowest BCUT2D eigenvalue weighted by atomic mass is 10.0. The van der Waals surface area contributed by atoms with Crippen LogP contribution in [0.15, 0.2) is 29.8 Å². The maximum absolute atomic E-state index is 12.7. The number of thiophene rings is 3. The minimum absolute atomic E-state index is 0.203. The summed E-state index contributed by atoms with van der Waals surface area (Å²) in [5.41, 5.74) is 1.90. The van der Waals surface area contributed by atoms with Crippen LogP contribution in [-0.4, -0.2) is 87.3 Å². The number of carbonyl (C=O) groups is 9. The summed E-state index contributed by atoms with van der Waals surface area (Å²) in [6.45, 7) is 1.11. The second kappa shape index (κ2) is 17.1. The minimum Gasteiger partial charge on any atom is -0.465 e. The molecule has 0 spiro atoms. The van der Waals surface area contributed by atoms with E-state index >= 15 is 0 Å². The van der Waals surface area contributed by atoms with Crippen molar-refractivity contribution in [1.82, 2.24) is 36.1 Å². The highest BCUT2D eigenvalue weighted by atomic mass is 35.5.